The molecular formula is C21H26ClFO5. The Kier molecular flexibility index (Phi) is 8.07. The van der Waals surface area contributed by atoms with Gasteiger partial charge in [-0.3, -0.25) is 0 Å². The Morgan fingerprint density at radius 3 is 2.14 bits per heavy atom. The summed E-state index contributed by atoms with van der Waals surface area (Å²) in [7, 11) is 0. The second kappa shape index (κ2) is 10.1. The summed E-state index contributed by atoms with van der Waals surface area (Å²) in [4.78, 5) is 0. The fourth-order valence-electron chi connectivity index (χ4n) is 2.62. The lowest BCUT2D eigenvalue weighted by Gasteiger charge is -2.27. The van der Waals surface area contributed by atoms with E-state index in [4.69, 9.17) is 26.2 Å². The molecule has 0 heterocycles. The first-order chi connectivity index (χ1) is 13.3. The summed E-state index contributed by atoms with van der Waals surface area (Å²) < 4.78 is 25.1. The number of aliphatic hydroxyl groups is 3. The summed E-state index contributed by atoms with van der Waals surface area (Å²) in [5.41, 5.74) is 1.24. The van der Waals surface area contributed by atoms with Crippen molar-refractivity contribution in [3.05, 3.63) is 59.4 Å². The van der Waals surface area contributed by atoms with Crippen LogP contribution < -0.4 is 9.47 Å². The van der Waals surface area contributed by atoms with Gasteiger partial charge in [-0.2, -0.15) is 0 Å². The molecule has 2 rings (SSSR count). The van der Waals surface area contributed by atoms with Gasteiger partial charge in [0.15, 0.2) is 11.6 Å². The molecule has 2 atom stereocenters. The highest BCUT2D eigenvalue weighted by Crippen LogP contribution is 2.34. The molecule has 2 aromatic carbocycles. The molecule has 0 aliphatic carbocycles. The summed E-state index contributed by atoms with van der Waals surface area (Å²) in [6, 6.07) is 12.0. The molecule has 0 aliphatic heterocycles. The lowest BCUT2D eigenvalue weighted by atomic mass is 9.78. The highest BCUT2D eigenvalue weighted by molar-refractivity contribution is 6.18. The minimum absolute atomic E-state index is 0.00429. The van der Waals surface area contributed by atoms with Gasteiger partial charge in [-0.1, -0.05) is 32.0 Å². The van der Waals surface area contributed by atoms with Gasteiger partial charge < -0.3 is 24.8 Å². The van der Waals surface area contributed by atoms with Crippen molar-refractivity contribution in [2.24, 2.45) is 0 Å². The molecule has 0 saturated heterocycles. The zero-order valence-electron chi connectivity index (χ0n) is 15.9. The molecule has 0 saturated carbocycles. The van der Waals surface area contributed by atoms with Gasteiger partial charge in [-0.05, 0) is 35.4 Å². The Hall–Kier alpha value is -1.86. The summed E-state index contributed by atoms with van der Waals surface area (Å²) in [6.45, 7) is 3.52. The predicted octanol–water partition coefficient (Wildman–Crippen LogP) is 2.86. The van der Waals surface area contributed by atoms with Crippen molar-refractivity contribution in [1.82, 2.24) is 0 Å². The van der Waals surface area contributed by atoms with Crippen molar-refractivity contribution in [2.45, 2.75) is 31.5 Å². The van der Waals surface area contributed by atoms with Crippen LogP contribution in [0, 0.1) is 5.82 Å². The maximum atomic E-state index is 14.4. The second-order valence-electron chi connectivity index (χ2n) is 7.06. The van der Waals surface area contributed by atoms with Crippen molar-refractivity contribution in [3.8, 4) is 11.5 Å². The van der Waals surface area contributed by atoms with E-state index in [-0.39, 0.29) is 31.5 Å². The lowest BCUT2D eigenvalue weighted by molar-refractivity contribution is 0.0536. The third-order valence-corrected chi connectivity index (χ3v) is 4.85. The van der Waals surface area contributed by atoms with Crippen LogP contribution in [0.2, 0.25) is 0 Å². The van der Waals surface area contributed by atoms with Crippen LogP contribution in [-0.2, 0) is 5.41 Å². The van der Waals surface area contributed by atoms with Crippen molar-refractivity contribution in [2.75, 3.05) is 25.7 Å². The van der Waals surface area contributed by atoms with E-state index in [0.717, 1.165) is 11.1 Å². The molecule has 0 aromatic heterocycles. The van der Waals surface area contributed by atoms with E-state index in [1.54, 1.807) is 24.3 Å². The first-order valence-electron chi connectivity index (χ1n) is 8.97. The summed E-state index contributed by atoms with van der Waals surface area (Å²) in [5, 5.41) is 27.6. The van der Waals surface area contributed by atoms with Crippen molar-refractivity contribution >= 4 is 11.6 Å². The minimum atomic E-state index is -0.926. The van der Waals surface area contributed by atoms with Gasteiger partial charge in [0.1, 0.15) is 31.2 Å². The molecule has 7 heteroatoms. The van der Waals surface area contributed by atoms with Crippen molar-refractivity contribution < 1.29 is 29.2 Å². The Labute approximate surface area is 169 Å². The van der Waals surface area contributed by atoms with Crippen LogP contribution in [0.1, 0.15) is 25.0 Å². The van der Waals surface area contributed by atoms with Gasteiger partial charge in [-0.25, -0.2) is 4.39 Å². The van der Waals surface area contributed by atoms with E-state index in [0.29, 0.717) is 5.75 Å². The highest BCUT2D eigenvalue weighted by atomic mass is 35.5. The molecule has 3 N–H and O–H groups in total. The Morgan fingerprint density at radius 1 is 0.964 bits per heavy atom. The molecule has 2 aromatic rings. The van der Waals surface area contributed by atoms with E-state index in [9.17, 15) is 14.6 Å². The maximum Gasteiger partial charge on any atom is 0.165 e. The number of benzene rings is 2. The number of hydrogen-bond donors (Lipinski definition) is 3. The first-order valence-corrected chi connectivity index (χ1v) is 9.50. The second-order valence-corrected chi connectivity index (χ2v) is 7.37. The lowest BCUT2D eigenvalue weighted by Crippen LogP contribution is -2.22. The predicted molar refractivity (Wildman–Crippen MR) is 106 cm³/mol. The molecule has 0 bridgehead atoms. The summed E-state index contributed by atoms with van der Waals surface area (Å²) in [6.07, 6.45) is -1.78. The van der Waals surface area contributed by atoms with Crippen LogP contribution in [-0.4, -0.2) is 53.2 Å². The third-order valence-electron chi connectivity index (χ3n) is 4.49. The number of rotatable bonds is 10. The Balaban J connectivity index is 2.11. The monoisotopic (exact) mass is 412 g/mol. The fourth-order valence-corrected chi connectivity index (χ4v) is 2.71. The van der Waals surface area contributed by atoms with Gasteiger partial charge in [-0.15, -0.1) is 11.6 Å². The van der Waals surface area contributed by atoms with Gasteiger partial charge >= 0.3 is 0 Å². The number of ether oxygens (including phenoxy) is 2. The average Bonchev–Trinajstić information content (AvgIpc) is 2.70. The third kappa shape index (κ3) is 5.82. The average molecular weight is 413 g/mol. The van der Waals surface area contributed by atoms with Gasteiger partial charge in [0.2, 0.25) is 0 Å². The van der Waals surface area contributed by atoms with Gasteiger partial charge in [0, 0.05) is 5.41 Å². The highest BCUT2D eigenvalue weighted by Gasteiger charge is 2.24. The zero-order valence-corrected chi connectivity index (χ0v) is 16.7. The number of alkyl halides is 1. The quantitative estimate of drug-likeness (QED) is 0.523. The van der Waals surface area contributed by atoms with E-state index in [2.05, 4.69) is 0 Å². The van der Waals surface area contributed by atoms with Crippen LogP contribution in [0.25, 0.3) is 0 Å². The molecule has 5 nitrogen and oxygen atoms in total. The number of aliphatic hydroxyl groups excluding tert-OH is 3. The van der Waals surface area contributed by atoms with Crippen LogP contribution in [0.3, 0.4) is 0 Å². The molecule has 0 aliphatic rings. The SMILES string of the molecule is CC(C)(c1ccc(OC[C@H](O)CO)cc1)c1ccc(OC[C@H](O)CCl)c(F)c1. The molecule has 0 radical (unpaired) electrons. The van der Waals surface area contributed by atoms with E-state index >= 15 is 0 Å². The smallest absolute Gasteiger partial charge is 0.165 e. The topological polar surface area (TPSA) is 79.2 Å². The molecule has 154 valence electrons. The molecule has 0 spiro atoms. The maximum absolute atomic E-state index is 14.4. The summed E-state index contributed by atoms with van der Waals surface area (Å²) in [5.74, 6) is 0.144. The minimum Gasteiger partial charge on any atom is -0.491 e. The largest absolute Gasteiger partial charge is 0.491 e. The normalized spacial score (nSPS) is 13.8. The summed E-state index contributed by atoms with van der Waals surface area (Å²) >= 11 is 5.51. The fraction of sp³-hybridized carbons (Fsp3) is 0.429. The van der Waals surface area contributed by atoms with E-state index < -0.39 is 23.4 Å². The van der Waals surface area contributed by atoms with Crippen LogP contribution in [0.4, 0.5) is 4.39 Å². The number of hydrogen-bond acceptors (Lipinski definition) is 5. The first kappa shape index (κ1) is 22.4. The van der Waals surface area contributed by atoms with Crippen molar-refractivity contribution in [1.29, 1.82) is 0 Å². The molecular weight excluding hydrogens is 387 g/mol. The molecule has 0 unspecified atom stereocenters. The zero-order chi connectivity index (χ0) is 20.7. The molecule has 0 amide bonds. The van der Waals surface area contributed by atoms with Crippen LogP contribution >= 0.6 is 11.6 Å². The standard InChI is InChI=1S/C21H26ClFO5/c1-21(2,14-3-6-18(7-4-14)27-13-17(26)11-24)15-5-8-20(19(23)9-15)28-12-16(25)10-22/h3-9,16-17,24-26H,10-13H2,1-2H3/t16-,17-/m1/s1. The Morgan fingerprint density at radius 2 is 1.57 bits per heavy atom. The van der Waals surface area contributed by atoms with Crippen LogP contribution in [0.15, 0.2) is 42.5 Å². The van der Waals surface area contributed by atoms with Crippen molar-refractivity contribution in [3.63, 3.8) is 0 Å². The molecule has 0 fully saturated rings. The van der Waals surface area contributed by atoms with Gasteiger partial charge in [0.25, 0.3) is 0 Å². The van der Waals surface area contributed by atoms with Crippen LogP contribution in [0.5, 0.6) is 11.5 Å². The van der Waals surface area contributed by atoms with E-state index in [1.807, 2.05) is 26.0 Å². The van der Waals surface area contributed by atoms with Gasteiger partial charge in [0.05, 0.1) is 12.5 Å². The Bertz CT molecular complexity index is 751. The number of halogens is 2. The molecule has 28 heavy (non-hydrogen) atoms. The van der Waals surface area contributed by atoms with E-state index in [1.165, 1.54) is 6.07 Å².